The molecule has 1 N–H and O–H groups in total. The lowest BCUT2D eigenvalue weighted by Crippen LogP contribution is -2.56. The van der Waals surface area contributed by atoms with Crippen LogP contribution in [0, 0.1) is 17.3 Å². The van der Waals surface area contributed by atoms with Crippen LogP contribution in [0.15, 0.2) is 0 Å². The van der Waals surface area contributed by atoms with E-state index in [1.165, 1.54) is 0 Å². The highest BCUT2D eigenvalue weighted by Gasteiger charge is 2.57. The van der Waals surface area contributed by atoms with Crippen LogP contribution in [-0.4, -0.2) is 30.7 Å². The second kappa shape index (κ2) is 3.72. The van der Waals surface area contributed by atoms with Gasteiger partial charge in [0.25, 0.3) is 0 Å². The molecule has 3 nitrogen and oxygen atoms in total. The minimum atomic E-state index is -0.380. The van der Waals surface area contributed by atoms with Gasteiger partial charge in [0.2, 0.25) is 0 Å². The van der Waals surface area contributed by atoms with Crippen LogP contribution in [0.1, 0.15) is 33.6 Å². The summed E-state index contributed by atoms with van der Waals surface area (Å²) in [5.41, 5.74) is 0.224. The molecule has 2 rings (SSSR count). The summed E-state index contributed by atoms with van der Waals surface area (Å²) in [6.07, 6.45) is 2.02. The number of ether oxygens (including phenoxy) is 2. The highest BCUT2D eigenvalue weighted by molar-refractivity contribution is 5.02. The topological polar surface area (TPSA) is 38.7 Å². The second-order valence-electron chi connectivity index (χ2n) is 5.53. The van der Waals surface area contributed by atoms with Gasteiger partial charge in [-0.15, -0.1) is 0 Å². The van der Waals surface area contributed by atoms with Crippen molar-refractivity contribution in [2.45, 2.75) is 39.4 Å². The SMILES string of the molecule is CC1([C@H]2C[C@@H](CCO)C2(C)C)OCCO1. The summed E-state index contributed by atoms with van der Waals surface area (Å²) in [7, 11) is 0. The summed E-state index contributed by atoms with van der Waals surface area (Å²) >= 11 is 0. The van der Waals surface area contributed by atoms with Gasteiger partial charge in [-0.2, -0.15) is 0 Å². The Kier molecular flexibility index (Phi) is 2.82. The van der Waals surface area contributed by atoms with E-state index in [0.29, 0.717) is 31.7 Å². The van der Waals surface area contributed by atoms with E-state index in [4.69, 9.17) is 14.6 Å². The van der Waals surface area contributed by atoms with Crippen LogP contribution >= 0.6 is 0 Å². The Morgan fingerprint density at radius 1 is 1.20 bits per heavy atom. The normalized spacial score (nSPS) is 37.6. The van der Waals surface area contributed by atoms with E-state index in [2.05, 4.69) is 20.8 Å². The molecule has 3 heteroatoms. The van der Waals surface area contributed by atoms with E-state index in [1.54, 1.807) is 0 Å². The van der Waals surface area contributed by atoms with Crippen molar-refractivity contribution >= 4 is 0 Å². The predicted molar refractivity (Wildman–Crippen MR) is 57.4 cm³/mol. The Morgan fingerprint density at radius 2 is 1.80 bits per heavy atom. The molecule has 0 amide bonds. The third-order valence-corrected chi connectivity index (χ3v) is 4.44. The van der Waals surface area contributed by atoms with Crippen LogP contribution in [0.4, 0.5) is 0 Å². The lowest BCUT2D eigenvalue weighted by atomic mass is 9.51. The van der Waals surface area contributed by atoms with Crippen LogP contribution in [-0.2, 0) is 9.47 Å². The van der Waals surface area contributed by atoms with E-state index in [0.717, 1.165) is 12.8 Å². The lowest BCUT2D eigenvalue weighted by molar-refractivity contribution is -0.254. The van der Waals surface area contributed by atoms with E-state index >= 15 is 0 Å². The van der Waals surface area contributed by atoms with Crippen molar-refractivity contribution in [1.29, 1.82) is 0 Å². The zero-order valence-electron chi connectivity index (χ0n) is 9.95. The summed E-state index contributed by atoms with van der Waals surface area (Å²) in [5.74, 6) is 0.691. The first kappa shape index (κ1) is 11.4. The summed E-state index contributed by atoms with van der Waals surface area (Å²) in [6, 6.07) is 0. The molecule has 1 saturated carbocycles. The van der Waals surface area contributed by atoms with Gasteiger partial charge in [-0.25, -0.2) is 0 Å². The van der Waals surface area contributed by atoms with Crippen LogP contribution in [0.25, 0.3) is 0 Å². The van der Waals surface area contributed by atoms with Gasteiger partial charge in [0.15, 0.2) is 5.79 Å². The third-order valence-electron chi connectivity index (χ3n) is 4.44. The van der Waals surface area contributed by atoms with Gasteiger partial charge < -0.3 is 14.6 Å². The number of rotatable bonds is 3. The zero-order chi connectivity index (χ0) is 11.1. The molecule has 0 unspecified atom stereocenters. The van der Waals surface area contributed by atoms with Gasteiger partial charge in [0.05, 0.1) is 13.2 Å². The molecule has 2 fully saturated rings. The number of hydrogen-bond acceptors (Lipinski definition) is 3. The Labute approximate surface area is 91.8 Å². The van der Waals surface area contributed by atoms with E-state index in [1.807, 2.05) is 0 Å². The smallest absolute Gasteiger partial charge is 0.169 e. The Balaban J connectivity index is 2.02. The fourth-order valence-electron chi connectivity index (χ4n) is 3.28. The standard InChI is InChI=1S/C12H22O3/c1-11(2)9(4-5-13)8-10(11)12(3)14-6-7-15-12/h9-10,13H,4-8H2,1-3H3/t9-,10+/m1/s1. The summed E-state index contributed by atoms with van der Waals surface area (Å²) in [6.45, 7) is 8.30. The molecule has 1 heterocycles. The van der Waals surface area contributed by atoms with Crippen LogP contribution < -0.4 is 0 Å². The van der Waals surface area contributed by atoms with Gasteiger partial charge in [-0.1, -0.05) is 13.8 Å². The van der Waals surface area contributed by atoms with Gasteiger partial charge in [0.1, 0.15) is 0 Å². The molecule has 1 aliphatic heterocycles. The fourth-order valence-corrected chi connectivity index (χ4v) is 3.28. The van der Waals surface area contributed by atoms with Crippen molar-refractivity contribution in [2.24, 2.45) is 17.3 Å². The molecule has 0 aromatic heterocycles. The molecule has 1 saturated heterocycles. The van der Waals surface area contributed by atoms with Gasteiger partial charge in [-0.3, -0.25) is 0 Å². The number of aliphatic hydroxyl groups is 1. The summed E-state index contributed by atoms with van der Waals surface area (Å²) in [5, 5.41) is 8.99. The number of hydrogen-bond donors (Lipinski definition) is 1. The highest BCUT2D eigenvalue weighted by atomic mass is 16.7. The van der Waals surface area contributed by atoms with E-state index in [9.17, 15) is 0 Å². The first-order valence-electron chi connectivity index (χ1n) is 5.89. The molecule has 1 aliphatic carbocycles. The maximum Gasteiger partial charge on any atom is 0.169 e. The Hall–Kier alpha value is -0.120. The minimum Gasteiger partial charge on any atom is -0.396 e. The lowest BCUT2D eigenvalue weighted by Gasteiger charge is -2.57. The molecule has 0 bridgehead atoms. The Morgan fingerprint density at radius 3 is 2.27 bits per heavy atom. The minimum absolute atomic E-state index is 0.224. The molecular weight excluding hydrogens is 192 g/mol. The van der Waals surface area contributed by atoms with E-state index < -0.39 is 0 Å². The molecule has 2 aliphatic rings. The summed E-state index contributed by atoms with van der Waals surface area (Å²) < 4.78 is 11.4. The molecule has 2 atom stereocenters. The first-order chi connectivity index (χ1) is 7.00. The fraction of sp³-hybridized carbons (Fsp3) is 1.00. The zero-order valence-corrected chi connectivity index (χ0v) is 9.95. The highest BCUT2D eigenvalue weighted by Crippen LogP contribution is 2.58. The molecule has 0 aromatic rings. The van der Waals surface area contributed by atoms with Crippen molar-refractivity contribution in [3.63, 3.8) is 0 Å². The van der Waals surface area contributed by atoms with E-state index in [-0.39, 0.29) is 11.2 Å². The van der Waals surface area contributed by atoms with Gasteiger partial charge in [0, 0.05) is 12.5 Å². The van der Waals surface area contributed by atoms with Crippen molar-refractivity contribution in [2.75, 3.05) is 19.8 Å². The van der Waals surface area contributed by atoms with Crippen LogP contribution in [0.3, 0.4) is 0 Å². The first-order valence-corrected chi connectivity index (χ1v) is 5.89. The molecular formula is C12H22O3. The van der Waals surface area contributed by atoms with Crippen molar-refractivity contribution in [1.82, 2.24) is 0 Å². The quantitative estimate of drug-likeness (QED) is 0.778. The third kappa shape index (κ3) is 1.71. The maximum absolute atomic E-state index is 8.99. The Bertz CT molecular complexity index is 231. The van der Waals surface area contributed by atoms with Gasteiger partial charge >= 0.3 is 0 Å². The summed E-state index contributed by atoms with van der Waals surface area (Å²) in [4.78, 5) is 0. The molecule has 88 valence electrons. The average molecular weight is 214 g/mol. The average Bonchev–Trinajstić information content (AvgIpc) is 2.59. The van der Waals surface area contributed by atoms with Crippen LogP contribution in [0.5, 0.6) is 0 Å². The molecule has 0 spiro atoms. The number of aliphatic hydroxyl groups excluding tert-OH is 1. The van der Waals surface area contributed by atoms with Crippen molar-refractivity contribution < 1.29 is 14.6 Å². The van der Waals surface area contributed by atoms with Crippen molar-refractivity contribution in [3.8, 4) is 0 Å². The van der Waals surface area contributed by atoms with Crippen molar-refractivity contribution in [3.05, 3.63) is 0 Å². The monoisotopic (exact) mass is 214 g/mol. The molecule has 0 radical (unpaired) electrons. The maximum atomic E-state index is 8.99. The van der Waals surface area contributed by atoms with Gasteiger partial charge in [-0.05, 0) is 31.1 Å². The predicted octanol–water partition coefficient (Wildman–Crippen LogP) is 1.79. The largest absolute Gasteiger partial charge is 0.396 e. The molecule has 15 heavy (non-hydrogen) atoms. The molecule has 0 aromatic carbocycles. The second-order valence-corrected chi connectivity index (χ2v) is 5.53. The van der Waals surface area contributed by atoms with Crippen LogP contribution in [0.2, 0.25) is 0 Å².